The number of fused-ring (bicyclic) bond motifs is 2. The number of benzene rings is 3. The van der Waals surface area contributed by atoms with E-state index in [2.05, 4.69) is 65.8 Å². The van der Waals surface area contributed by atoms with Gasteiger partial charge in [0.25, 0.3) is 0 Å². The molecule has 1 aromatic heterocycles. The average Bonchev–Trinajstić information content (AvgIpc) is 3.34. The molecule has 1 aliphatic heterocycles. The van der Waals surface area contributed by atoms with Crippen molar-refractivity contribution in [3.05, 3.63) is 101 Å². The Morgan fingerprint density at radius 3 is 2.35 bits per heavy atom. The maximum absolute atomic E-state index is 14.1. The largest absolute Gasteiger partial charge is 0.493 e. The fraction of sp³-hybridized carbons (Fsp3) is 0.378. The molecule has 0 saturated heterocycles. The average molecular weight is 576 g/mol. The van der Waals surface area contributed by atoms with E-state index in [4.69, 9.17) is 19.6 Å². The number of aliphatic imine (C=N–C) groups is 1. The highest BCUT2D eigenvalue weighted by molar-refractivity contribution is 6.11. The summed E-state index contributed by atoms with van der Waals surface area (Å²) in [4.78, 5) is 19.4. The van der Waals surface area contributed by atoms with Gasteiger partial charge >= 0.3 is 0 Å². The number of nitrogens with zero attached hydrogens (tertiary/aromatic N) is 3. The summed E-state index contributed by atoms with van der Waals surface area (Å²) in [5, 5.41) is 5.26. The van der Waals surface area contributed by atoms with Crippen molar-refractivity contribution in [3.8, 4) is 17.2 Å². The van der Waals surface area contributed by atoms with Crippen LogP contribution in [0.1, 0.15) is 81.3 Å². The van der Waals surface area contributed by atoms with E-state index in [0.717, 1.165) is 51.6 Å². The van der Waals surface area contributed by atoms with Crippen LogP contribution in [0.5, 0.6) is 11.5 Å². The van der Waals surface area contributed by atoms with Crippen molar-refractivity contribution in [2.75, 3.05) is 7.11 Å². The zero-order chi connectivity index (χ0) is 30.5. The van der Waals surface area contributed by atoms with Crippen LogP contribution in [0, 0.1) is 18.3 Å². The van der Waals surface area contributed by atoms with Crippen LogP contribution in [0.25, 0.3) is 5.69 Å². The fourth-order valence-corrected chi connectivity index (χ4v) is 6.65. The van der Waals surface area contributed by atoms with Gasteiger partial charge in [0.2, 0.25) is 0 Å². The number of para-hydroxylation sites is 1. The van der Waals surface area contributed by atoms with Crippen molar-refractivity contribution in [3.63, 3.8) is 0 Å². The molecule has 2 heterocycles. The molecule has 0 amide bonds. The van der Waals surface area contributed by atoms with Crippen molar-refractivity contribution in [1.82, 2.24) is 9.78 Å². The number of aromatic nitrogens is 2. The van der Waals surface area contributed by atoms with Crippen LogP contribution < -0.4 is 9.47 Å². The molecule has 1 aliphatic carbocycles. The summed E-state index contributed by atoms with van der Waals surface area (Å²) in [5.41, 5.74) is 6.69. The number of carbonyl (C=O) groups excluding carboxylic acids is 1. The third kappa shape index (κ3) is 5.39. The maximum Gasteiger partial charge on any atom is 0.161 e. The van der Waals surface area contributed by atoms with E-state index < -0.39 is 0 Å². The summed E-state index contributed by atoms with van der Waals surface area (Å²) < 4.78 is 14.1. The fourth-order valence-electron chi connectivity index (χ4n) is 6.65. The third-order valence-electron chi connectivity index (χ3n) is 8.65. The second kappa shape index (κ2) is 10.8. The number of rotatable bonds is 6. The molecular formula is C37H41N3O3. The molecule has 4 aromatic rings. The van der Waals surface area contributed by atoms with E-state index in [1.807, 2.05) is 53.2 Å². The number of ketones is 1. The van der Waals surface area contributed by atoms with Crippen LogP contribution in [-0.2, 0) is 16.8 Å². The van der Waals surface area contributed by atoms with Crippen LogP contribution in [-0.4, -0.2) is 28.4 Å². The first-order valence-electron chi connectivity index (χ1n) is 15.1. The number of hydrogen-bond acceptors (Lipinski definition) is 5. The normalized spacial score (nSPS) is 19.3. The van der Waals surface area contributed by atoms with Gasteiger partial charge < -0.3 is 9.47 Å². The van der Waals surface area contributed by atoms with E-state index >= 15 is 0 Å². The van der Waals surface area contributed by atoms with Gasteiger partial charge in [-0.25, -0.2) is 9.67 Å². The molecule has 6 nitrogen and oxygen atoms in total. The van der Waals surface area contributed by atoms with E-state index in [0.29, 0.717) is 24.5 Å². The van der Waals surface area contributed by atoms with Crippen molar-refractivity contribution < 1.29 is 14.3 Å². The van der Waals surface area contributed by atoms with E-state index in [1.54, 1.807) is 7.11 Å². The van der Waals surface area contributed by atoms with Crippen LogP contribution >= 0.6 is 0 Å². The summed E-state index contributed by atoms with van der Waals surface area (Å²) >= 11 is 0. The molecule has 0 N–H and O–H groups in total. The molecule has 2 aliphatic rings. The highest BCUT2D eigenvalue weighted by Gasteiger charge is 2.49. The predicted octanol–water partition coefficient (Wildman–Crippen LogP) is 8.29. The minimum Gasteiger partial charge on any atom is -0.493 e. The molecule has 1 saturated carbocycles. The van der Waals surface area contributed by atoms with Crippen LogP contribution in [0.3, 0.4) is 0 Å². The van der Waals surface area contributed by atoms with E-state index in [9.17, 15) is 4.79 Å². The lowest BCUT2D eigenvalue weighted by atomic mass is 9.63. The van der Waals surface area contributed by atoms with Gasteiger partial charge in [-0.15, -0.1) is 0 Å². The molecule has 1 fully saturated rings. The molecule has 2 atom stereocenters. The Bertz CT molecular complexity index is 1710. The van der Waals surface area contributed by atoms with Crippen molar-refractivity contribution >= 4 is 17.3 Å². The van der Waals surface area contributed by atoms with Gasteiger partial charge in [-0.2, -0.15) is 5.10 Å². The monoisotopic (exact) mass is 575 g/mol. The second-order valence-corrected chi connectivity index (χ2v) is 13.8. The number of hydrogen-bond donors (Lipinski definition) is 0. The molecule has 2 unspecified atom stereocenters. The Morgan fingerprint density at radius 1 is 0.930 bits per heavy atom. The number of aryl methyl sites for hydroxylation is 1. The minimum absolute atomic E-state index is 0.154. The van der Waals surface area contributed by atoms with E-state index in [-0.39, 0.29) is 28.4 Å². The van der Waals surface area contributed by atoms with Gasteiger partial charge in [0, 0.05) is 29.0 Å². The quantitative estimate of drug-likeness (QED) is 0.232. The van der Waals surface area contributed by atoms with E-state index in [1.165, 1.54) is 0 Å². The van der Waals surface area contributed by atoms with Crippen LogP contribution in [0.2, 0.25) is 0 Å². The Labute approximate surface area is 254 Å². The molecule has 43 heavy (non-hydrogen) atoms. The molecule has 0 spiro atoms. The Balaban J connectivity index is 1.57. The van der Waals surface area contributed by atoms with Crippen molar-refractivity contribution in [2.45, 2.75) is 72.3 Å². The number of ether oxygens (including phenoxy) is 2. The molecule has 3 aromatic carbocycles. The summed E-state index contributed by atoms with van der Waals surface area (Å²) in [6.45, 7) is 13.4. The summed E-state index contributed by atoms with van der Waals surface area (Å²) in [6, 6.07) is 24.5. The first-order chi connectivity index (χ1) is 20.5. The molecule has 222 valence electrons. The summed E-state index contributed by atoms with van der Waals surface area (Å²) in [6.07, 6.45) is 1.28. The first kappa shape index (κ1) is 28.9. The highest BCUT2D eigenvalue weighted by Crippen LogP contribution is 2.53. The topological polar surface area (TPSA) is 65.7 Å². The zero-order valence-corrected chi connectivity index (χ0v) is 26.3. The first-order valence-corrected chi connectivity index (χ1v) is 15.1. The number of Topliss-reactive ketones (excluding diaryl/α,β-unsaturated/α-hetero) is 1. The Hall–Kier alpha value is -4.19. The lowest BCUT2D eigenvalue weighted by Crippen LogP contribution is -2.42. The lowest BCUT2D eigenvalue weighted by Gasteiger charge is -2.41. The maximum atomic E-state index is 14.1. The highest BCUT2D eigenvalue weighted by atomic mass is 16.5. The van der Waals surface area contributed by atoms with Gasteiger partial charge in [-0.05, 0) is 53.6 Å². The van der Waals surface area contributed by atoms with Gasteiger partial charge in [-0.3, -0.25) is 4.79 Å². The molecule has 6 heteroatoms. The second-order valence-electron chi connectivity index (χ2n) is 13.8. The summed E-state index contributed by atoms with van der Waals surface area (Å²) in [5.74, 6) is 1.77. The molecule has 0 radical (unpaired) electrons. The molecule has 6 rings (SSSR count). The molecular weight excluding hydrogens is 534 g/mol. The van der Waals surface area contributed by atoms with Gasteiger partial charge in [0.15, 0.2) is 17.3 Å². The standard InChI is InChI=1S/C37H41N3O3/c1-23-13-11-12-16-27(23)40-35-33(34(39-40)36(2,3)4)31(32-26(38-35)20-37(5,6)21-28(32)41)25-17-18-29(42-7)30(19-25)43-22-24-14-9-8-10-15-24/h8-19,31-32H,20-22H2,1-7H3. The van der Waals surface area contributed by atoms with Gasteiger partial charge in [0.1, 0.15) is 12.4 Å². The van der Waals surface area contributed by atoms with Crippen LogP contribution in [0.15, 0.2) is 77.8 Å². The zero-order valence-electron chi connectivity index (χ0n) is 26.3. The SMILES string of the molecule is COc1ccc(C2c3c(C(C)(C)C)nn(-c4ccccc4C)c3N=C3CC(C)(C)CC(=O)C32)cc1OCc1ccccc1. The summed E-state index contributed by atoms with van der Waals surface area (Å²) in [7, 11) is 1.66. The van der Waals surface area contributed by atoms with Crippen molar-refractivity contribution in [1.29, 1.82) is 0 Å². The predicted molar refractivity (Wildman–Crippen MR) is 171 cm³/mol. The minimum atomic E-state index is -0.355. The number of methoxy groups -OCH3 is 1. The van der Waals surface area contributed by atoms with Crippen LogP contribution in [0.4, 0.5) is 5.82 Å². The third-order valence-corrected chi connectivity index (χ3v) is 8.65. The van der Waals surface area contributed by atoms with Gasteiger partial charge in [0.05, 0.1) is 24.4 Å². The molecule has 0 bridgehead atoms. The van der Waals surface area contributed by atoms with Crippen molar-refractivity contribution in [2.24, 2.45) is 16.3 Å². The van der Waals surface area contributed by atoms with Gasteiger partial charge in [-0.1, -0.05) is 89.2 Å². The Morgan fingerprint density at radius 2 is 1.65 bits per heavy atom. The smallest absolute Gasteiger partial charge is 0.161 e. The Kier molecular flexibility index (Phi) is 7.27. The number of carbonyl (C=O) groups is 1. The lowest BCUT2D eigenvalue weighted by molar-refractivity contribution is -0.124.